The molecule has 3 atom stereocenters. The van der Waals surface area contributed by atoms with Gasteiger partial charge in [0.05, 0.1) is 13.0 Å². The predicted octanol–water partition coefficient (Wildman–Crippen LogP) is 2.54. The van der Waals surface area contributed by atoms with Crippen LogP contribution in [0.4, 0.5) is 0 Å². The SMILES string of the molecule is CCCC[C@H](NC(=O)/C=C/c1ccc(O)cc1)C(=O)N[C@H]1CCC[C@H]1C(=O)OC. The summed E-state index contributed by atoms with van der Waals surface area (Å²) in [4.78, 5) is 37.0. The van der Waals surface area contributed by atoms with Gasteiger partial charge >= 0.3 is 5.97 Å². The second-order valence-electron chi connectivity index (χ2n) is 7.30. The van der Waals surface area contributed by atoms with Crippen LogP contribution in [0.3, 0.4) is 0 Å². The largest absolute Gasteiger partial charge is 0.508 e. The van der Waals surface area contributed by atoms with Crippen molar-refractivity contribution in [1.29, 1.82) is 0 Å². The Morgan fingerprint density at radius 1 is 1.24 bits per heavy atom. The van der Waals surface area contributed by atoms with Crippen molar-refractivity contribution in [3.8, 4) is 5.75 Å². The van der Waals surface area contributed by atoms with E-state index in [2.05, 4.69) is 10.6 Å². The number of hydrogen-bond donors (Lipinski definition) is 3. The fourth-order valence-electron chi connectivity index (χ4n) is 3.50. The van der Waals surface area contributed by atoms with Crippen molar-refractivity contribution in [2.75, 3.05) is 7.11 Å². The summed E-state index contributed by atoms with van der Waals surface area (Å²) in [5, 5.41) is 15.0. The maximum Gasteiger partial charge on any atom is 0.310 e. The number of rotatable bonds is 9. The van der Waals surface area contributed by atoms with Crippen LogP contribution in [0.2, 0.25) is 0 Å². The van der Waals surface area contributed by atoms with Gasteiger partial charge in [0.2, 0.25) is 11.8 Å². The van der Waals surface area contributed by atoms with Crippen LogP contribution in [0.5, 0.6) is 5.75 Å². The number of unbranched alkanes of at least 4 members (excludes halogenated alkanes) is 1. The van der Waals surface area contributed by atoms with Gasteiger partial charge in [0.25, 0.3) is 0 Å². The molecule has 2 amide bonds. The molecule has 7 heteroatoms. The van der Waals surface area contributed by atoms with Gasteiger partial charge in [-0.25, -0.2) is 0 Å². The average Bonchev–Trinajstić information content (AvgIpc) is 3.18. The Bertz CT molecular complexity index is 729. The van der Waals surface area contributed by atoms with Crippen molar-refractivity contribution in [3.05, 3.63) is 35.9 Å². The summed E-state index contributed by atoms with van der Waals surface area (Å²) in [5.74, 6) is -1.13. The normalized spacial score (nSPS) is 19.7. The minimum atomic E-state index is -0.661. The van der Waals surface area contributed by atoms with Gasteiger partial charge in [-0.15, -0.1) is 0 Å². The van der Waals surface area contributed by atoms with Crippen LogP contribution in [0, 0.1) is 5.92 Å². The van der Waals surface area contributed by atoms with Crippen LogP contribution >= 0.6 is 0 Å². The Kier molecular flexibility index (Phi) is 8.70. The number of ether oxygens (including phenoxy) is 1. The molecule has 158 valence electrons. The van der Waals surface area contributed by atoms with E-state index < -0.39 is 6.04 Å². The topological polar surface area (TPSA) is 105 Å². The highest BCUT2D eigenvalue weighted by molar-refractivity contribution is 5.95. The first-order chi connectivity index (χ1) is 13.9. The molecule has 0 spiro atoms. The van der Waals surface area contributed by atoms with Gasteiger partial charge in [-0.1, -0.05) is 38.3 Å². The van der Waals surface area contributed by atoms with E-state index >= 15 is 0 Å². The van der Waals surface area contributed by atoms with Gasteiger partial charge in [0.1, 0.15) is 11.8 Å². The molecular weight excluding hydrogens is 372 g/mol. The van der Waals surface area contributed by atoms with Crippen LogP contribution in [-0.4, -0.2) is 42.1 Å². The van der Waals surface area contributed by atoms with Crippen molar-refractivity contribution >= 4 is 23.9 Å². The zero-order chi connectivity index (χ0) is 21.2. The number of benzene rings is 1. The Morgan fingerprint density at radius 3 is 2.62 bits per heavy atom. The summed E-state index contributed by atoms with van der Waals surface area (Å²) in [7, 11) is 1.35. The lowest BCUT2D eigenvalue weighted by atomic mass is 10.0. The zero-order valence-corrected chi connectivity index (χ0v) is 17.0. The smallest absolute Gasteiger partial charge is 0.310 e. The molecule has 0 heterocycles. The molecule has 1 fully saturated rings. The minimum absolute atomic E-state index is 0.153. The van der Waals surface area contributed by atoms with E-state index in [1.54, 1.807) is 18.2 Å². The van der Waals surface area contributed by atoms with Gasteiger partial charge in [-0.3, -0.25) is 14.4 Å². The minimum Gasteiger partial charge on any atom is -0.508 e. The van der Waals surface area contributed by atoms with Crippen molar-refractivity contribution in [1.82, 2.24) is 10.6 Å². The molecule has 2 rings (SSSR count). The van der Waals surface area contributed by atoms with Gasteiger partial charge < -0.3 is 20.5 Å². The quantitative estimate of drug-likeness (QED) is 0.435. The van der Waals surface area contributed by atoms with Crippen LogP contribution < -0.4 is 10.6 Å². The van der Waals surface area contributed by atoms with E-state index in [0.717, 1.165) is 31.2 Å². The van der Waals surface area contributed by atoms with Crippen molar-refractivity contribution in [3.63, 3.8) is 0 Å². The lowest BCUT2D eigenvalue weighted by Crippen LogP contribution is -2.51. The highest BCUT2D eigenvalue weighted by Gasteiger charge is 2.36. The van der Waals surface area contributed by atoms with E-state index in [1.807, 2.05) is 6.92 Å². The van der Waals surface area contributed by atoms with E-state index in [4.69, 9.17) is 4.74 Å². The molecule has 1 aliphatic carbocycles. The molecule has 0 aliphatic heterocycles. The van der Waals surface area contributed by atoms with Crippen molar-refractivity contribution in [2.45, 2.75) is 57.5 Å². The number of carbonyl (C=O) groups is 3. The summed E-state index contributed by atoms with van der Waals surface area (Å²) in [5.41, 5.74) is 0.763. The highest BCUT2D eigenvalue weighted by Crippen LogP contribution is 2.26. The number of phenols is 1. The number of phenolic OH excluding ortho intramolecular Hbond substituents is 1. The Labute approximate surface area is 171 Å². The second kappa shape index (κ2) is 11.2. The summed E-state index contributed by atoms with van der Waals surface area (Å²) in [6.45, 7) is 2.02. The maximum absolute atomic E-state index is 12.8. The van der Waals surface area contributed by atoms with Crippen molar-refractivity contribution in [2.24, 2.45) is 5.92 Å². The predicted molar refractivity (Wildman–Crippen MR) is 110 cm³/mol. The third-order valence-corrected chi connectivity index (χ3v) is 5.15. The van der Waals surface area contributed by atoms with Gasteiger partial charge in [-0.2, -0.15) is 0 Å². The summed E-state index contributed by atoms with van der Waals surface area (Å²) in [6.07, 6.45) is 7.48. The van der Waals surface area contributed by atoms with E-state index in [-0.39, 0.29) is 35.5 Å². The van der Waals surface area contributed by atoms with Crippen molar-refractivity contribution < 1.29 is 24.2 Å². The lowest BCUT2D eigenvalue weighted by molar-refractivity contribution is -0.146. The fourth-order valence-corrected chi connectivity index (χ4v) is 3.50. The molecule has 1 aromatic carbocycles. The van der Waals surface area contributed by atoms with Gasteiger partial charge in [-0.05, 0) is 43.0 Å². The summed E-state index contributed by atoms with van der Waals surface area (Å²) in [6, 6.07) is 5.53. The van der Waals surface area contributed by atoms with Gasteiger partial charge in [0.15, 0.2) is 0 Å². The van der Waals surface area contributed by atoms with E-state index in [0.29, 0.717) is 12.8 Å². The van der Waals surface area contributed by atoms with E-state index in [1.165, 1.54) is 25.3 Å². The summed E-state index contributed by atoms with van der Waals surface area (Å²) >= 11 is 0. The standard InChI is InChI=1S/C22H30N2O5/c1-3-4-7-19(21(27)24-18-8-5-6-17(18)22(28)29-2)23-20(26)14-11-15-9-12-16(25)13-10-15/h9-14,17-19,25H,3-8H2,1-2H3,(H,23,26)(H,24,27)/b14-11+/t17-,18+,19+/m1/s1. The zero-order valence-electron chi connectivity index (χ0n) is 17.0. The number of hydrogen-bond acceptors (Lipinski definition) is 5. The third kappa shape index (κ3) is 6.93. The van der Waals surface area contributed by atoms with E-state index in [9.17, 15) is 19.5 Å². The lowest BCUT2D eigenvalue weighted by Gasteiger charge is -2.23. The monoisotopic (exact) mass is 402 g/mol. The van der Waals surface area contributed by atoms with Crippen LogP contribution in [-0.2, 0) is 19.1 Å². The number of nitrogens with one attached hydrogen (secondary N) is 2. The molecular formula is C22H30N2O5. The maximum atomic E-state index is 12.8. The average molecular weight is 402 g/mol. The Hall–Kier alpha value is -2.83. The molecule has 0 aromatic heterocycles. The molecule has 0 unspecified atom stereocenters. The first-order valence-corrected chi connectivity index (χ1v) is 10.1. The molecule has 0 radical (unpaired) electrons. The molecule has 1 saturated carbocycles. The molecule has 3 N–H and O–H groups in total. The number of esters is 1. The highest BCUT2D eigenvalue weighted by atomic mass is 16.5. The molecule has 7 nitrogen and oxygen atoms in total. The van der Waals surface area contributed by atoms with Gasteiger partial charge in [0, 0.05) is 12.1 Å². The first kappa shape index (κ1) is 22.5. The van der Waals surface area contributed by atoms with Crippen LogP contribution in [0.15, 0.2) is 30.3 Å². The summed E-state index contributed by atoms with van der Waals surface area (Å²) < 4.78 is 4.83. The molecule has 29 heavy (non-hydrogen) atoms. The number of amides is 2. The molecule has 1 aliphatic rings. The molecule has 0 saturated heterocycles. The number of carbonyl (C=O) groups excluding carboxylic acids is 3. The number of aromatic hydroxyl groups is 1. The first-order valence-electron chi connectivity index (χ1n) is 10.1. The van der Waals surface area contributed by atoms with Crippen LogP contribution in [0.25, 0.3) is 6.08 Å². The fraction of sp³-hybridized carbons (Fsp3) is 0.500. The Morgan fingerprint density at radius 2 is 1.97 bits per heavy atom. The Balaban J connectivity index is 1.98. The van der Waals surface area contributed by atoms with Crippen LogP contribution in [0.1, 0.15) is 51.0 Å². The molecule has 1 aromatic rings. The third-order valence-electron chi connectivity index (χ3n) is 5.15. The molecule has 0 bridgehead atoms. The number of methoxy groups -OCH3 is 1. The second-order valence-corrected chi connectivity index (χ2v) is 7.30.